The number of rotatable bonds is 2. The number of anilines is 1. The number of thiazole rings is 1. The molecule has 0 atom stereocenters. The van der Waals surface area contributed by atoms with Gasteiger partial charge in [-0.05, 0) is 30.3 Å². The van der Waals surface area contributed by atoms with Gasteiger partial charge >= 0.3 is 0 Å². The van der Waals surface area contributed by atoms with E-state index in [2.05, 4.69) is 10.3 Å². The number of nitrogens with one attached hydrogen (secondary N) is 1. The van der Waals surface area contributed by atoms with Crippen molar-refractivity contribution in [3.63, 3.8) is 0 Å². The molecular formula is C15H11ClN2O3S. The van der Waals surface area contributed by atoms with E-state index in [4.69, 9.17) is 9.47 Å². The summed E-state index contributed by atoms with van der Waals surface area (Å²) in [6, 6.07) is 12.9. The van der Waals surface area contributed by atoms with Crippen molar-refractivity contribution in [1.29, 1.82) is 0 Å². The summed E-state index contributed by atoms with van der Waals surface area (Å²) in [6.07, 6.45) is 0. The van der Waals surface area contributed by atoms with Gasteiger partial charge in [0.25, 0.3) is 5.91 Å². The third-order valence-electron chi connectivity index (χ3n) is 3.15. The van der Waals surface area contributed by atoms with E-state index in [1.165, 1.54) is 11.3 Å². The third-order valence-corrected chi connectivity index (χ3v) is 4.10. The number of hydrogen-bond donors (Lipinski definition) is 1. The van der Waals surface area contributed by atoms with Gasteiger partial charge in [0, 0.05) is 5.56 Å². The van der Waals surface area contributed by atoms with Gasteiger partial charge in [0.2, 0.25) is 6.79 Å². The molecule has 1 aromatic heterocycles. The van der Waals surface area contributed by atoms with Crippen LogP contribution < -0.4 is 14.8 Å². The molecule has 112 valence electrons. The van der Waals surface area contributed by atoms with Gasteiger partial charge in [-0.1, -0.05) is 23.5 Å². The quantitative estimate of drug-likeness (QED) is 0.776. The van der Waals surface area contributed by atoms with E-state index in [1.54, 1.807) is 18.2 Å². The zero-order chi connectivity index (χ0) is 14.2. The van der Waals surface area contributed by atoms with Crippen LogP contribution in [0.2, 0.25) is 0 Å². The number of aromatic nitrogens is 1. The fraction of sp³-hybridized carbons (Fsp3) is 0.0667. The van der Waals surface area contributed by atoms with Crippen molar-refractivity contribution in [2.75, 3.05) is 12.1 Å². The fourth-order valence-electron chi connectivity index (χ4n) is 2.13. The normalized spacial score (nSPS) is 12.0. The average Bonchev–Trinajstić information content (AvgIpc) is 3.11. The van der Waals surface area contributed by atoms with Gasteiger partial charge in [0.05, 0.1) is 10.2 Å². The van der Waals surface area contributed by atoms with Crippen LogP contribution in [0.25, 0.3) is 10.2 Å². The Bertz CT molecular complexity index is 817. The van der Waals surface area contributed by atoms with Crippen LogP contribution in [0.5, 0.6) is 11.5 Å². The van der Waals surface area contributed by atoms with Crippen molar-refractivity contribution in [3.8, 4) is 11.5 Å². The number of fused-ring (bicyclic) bond motifs is 2. The van der Waals surface area contributed by atoms with Crippen molar-refractivity contribution in [3.05, 3.63) is 48.0 Å². The lowest BCUT2D eigenvalue weighted by Crippen LogP contribution is -2.11. The van der Waals surface area contributed by atoms with Gasteiger partial charge in [-0.3, -0.25) is 10.1 Å². The Kier molecular flexibility index (Phi) is 3.87. The van der Waals surface area contributed by atoms with E-state index in [9.17, 15) is 4.79 Å². The number of benzene rings is 2. The highest BCUT2D eigenvalue weighted by molar-refractivity contribution is 7.22. The van der Waals surface area contributed by atoms with E-state index < -0.39 is 0 Å². The van der Waals surface area contributed by atoms with Crippen LogP contribution in [-0.2, 0) is 0 Å². The van der Waals surface area contributed by atoms with Crippen molar-refractivity contribution < 1.29 is 14.3 Å². The molecule has 0 saturated carbocycles. The molecule has 3 aromatic rings. The zero-order valence-corrected chi connectivity index (χ0v) is 12.9. The number of halogens is 1. The Morgan fingerprint density at radius 2 is 1.95 bits per heavy atom. The van der Waals surface area contributed by atoms with Gasteiger partial charge in [0.1, 0.15) is 0 Å². The molecule has 0 spiro atoms. The Morgan fingerprint density at radius 1 is 1.14 bits per heavy atom. The second kappa shape index (κ2) is 5.82. The van der Waals surface area contributed by atoms with Crippen molar-refractivity contribution in [2.45, 2.75) is 0 Å². The molecule has 0 fully saturated rings. The molecule has 2 aromatic carbocycles. The number of para-hydroxylation sites is 1. The summed E-state index contributed by atoms with van der Waals surface area (Å²) in [6.45, 7) is 0.193. The molecule has 1 amide bonds. The van der Waals surface area contributed by atoms with Gasteiger partial charge < -0.3 is 9.47 Å². The Balaban J connectivity index is 0.00000144. The van der Waals surface area contributed by atoms with Crippen LogP contribution in [0.4, 0.5) is 5.13 Å². The Labute approximate surface area is 136 Å². The van der Waals surface area contributed by atoms with E-state index >= 15 is 0 Å². The van der Waals surface area contributed by atoms with Crippen molar-refractivity contribution in [1.82, 2.24) is 4.98 Å². The summed E-state index contributed by atoms with van der Waals surface area (Å²) < 4.78 is 11.5. The molecule has 2 heterocycles. The maximum atomic E-state index is 12.2. The Hall–Kier alpha value is -2.31. The summed E-state index contributed by atoms with van der Waals surface area (Å²) in [4.78, 5) is 16.6. The van der Waals surface area contributed by atoms with E-state index in [-0.39, 0.29) is 25.1 Å². The molecule has 0 radical (unpaired) electrons. The van der Waals surface area contributed by atoms with E-state index in [1.807, 2.05) is 24.3 Å². The zero-order valence-electron chi connectivity index (χ0n) is 11.2. The lowest BCUT2D eigenvalue weighted by Gasteiger charge is -2.02. The molecule has 4 rings (SSSR count). The molecule has 0 unspecified atom stereocenters. The van der Waals surface area contributed by atoms with Crippen LogP contribution in [0.15, 0.2) is 42.5 Å². The largest absolute Gasteiger partial charge is 0.454 e. The van der Waals surface area contributed by atoms with Gasteiger partial charge in [-0.25, -0.2) is 4.98 Å². The predicted octanol–water partition coefficient (Wildman–Crippen LogP) is 3.70. The fourth-order valence-corrected chi connectivity index (χ4v) is 2.99. The summed E-state index contributed by atoms with van der Waals surface area (Å²) in [7, 11) is 0. The minimum atomic E-state index is -0.215. The van der Waals surface area contributed by atoms with E-state index in [0.717, 1.165) is 10.2 Å². The molecule has 22 heavy (non-hydrogen) atoms. The highest BCUT2D eigenvalue weighted by Crippen LogP contribution is 2.33. The molecule has 1 aliphatic heterocycles. The number of carbonyl (C=O) groups is 1. The number of hydrogen-bond acceptors (Lipinski definition) is 5. The highest BCUT2D eigenvalue weighted by atomic mass is 35.5. The first-order valence-electron chi connectivity index (χ1n) is 6.36. The van der Waals surface area contributed by atoms with Crippen molar-refractivity contribution >= 4 is 45.0 Å². The molecule has 0 saturated heterocycles. The molecule has 1 aliphatic rings. The van der Waals surface area contributed by atoms with Crippen LogP contribution in [0.1, 0.15) is 10.4 Å². The second-order valence-electron chi connectivity index (χ2n) is 4.51. The van der Waals surface area contributed by atoms with Crippen LogP contribution >= 0.6 is 23.7 Å². The van der Waals surface area contributed by atoms with Crippen LogP contribution in [0.3, 0.4) is 0 Å². The maximum Gasteiger partial charge on any atom is 0.257 e. The lowest BCUT2D eigenvalue weighted by molar-refractivity contribution is 0.102. The lowest BCUT2D eigenvalue weighted by atomic mass is 10.2. The first-order valence-corrected chi connectivity index (χ1v) is 7.18. The topological polar surface area (TPSA) is 60.5 Å². The van der Waals surface area contributed by atoms with Crippen molar-refractivity contribution in [2.24, 2.45) is 0 Å². The van der Waals surface area contributed by atoms with Gasteiger partial charge in [-0.2, -0.15) is 0 Å². The first kappa shape index (κ1) is 14.6. The maximum absolute atomic E-state index is 12.2. The summed E-state index contributed by atoms with van der Waals surface area (Å²) >= 11 is 1.45. The second-order valence-corrected chi connectivity index (χ2v) is 5.54. The Morgan fingerprint density at radius 3 is 2.82 bits per heavy atom. The minimum absolute atomic E-state index is 0. The standard InChI is InChI=1S/C15H10N2O3S.ClH/c18-14(9-5-6-11-12(7-9)20-8-19-11)17-15-16-10-3-1-2-4-13(10)21-15;/h1-7H,8H2,(H,16,17,18);1H. The third kappa shape index (κ3) is 2.58. The highest BCUT2D eigenvalue weighted by Gasteiger charge is 2.17. The summed E-state index contributed by atoms with van der Waals surface area (Å²) in [5.41, 5.74) is 1.39. The number of nitrogens with zero attached hydrogens (tertiary/aromatic N) is 1. The SMILES string of the molecule is Cl.O=C(Nc1nc2ccccc2s1)c1ccc2c(c1)OCO2. The molecule has 0 aliphatic carbocycles. The molecule has 1 N–H and O–H groups in total. The predicted molar refractivity (Wildman–Crippen MR) is 87.4 cm³/mol. The summed E-state index contributed by atoms with van der Waals surface area (Å²) in [5, 5.41) is 3.39. The molecular weight excluding hydrogens is 324 g/mol. The molecule has 7 heteroatoms. The van der Waals surface area contributed by atoms with Crippen LogP contribution in [-0.4, -0.2) is 17.7 Å². The number of ether oxygens (including phenoxy) is 2. The molecule has 0 bridgehead atoms. The number of amides is 1. The minimum Gasteiger partial charge on any atom is -0.454 e. The summed E-state index contributed by atoms with van der Waals surface area (Å²) in [5.74, 6) is 1.03. The first-order chi connectivity index (χ1) is 10.3. The smallest absolute Gasteiger partial charge is 0.257 e. The average molecular weight is 335 g/mol. The van der Waals surface area contributed by atoms with Gasteiger partial charge in [-0.15, -0.1) is 12.4 Å². The van der Waals surface area contributed by atoms with Crippen LogP contribution in [0, 0.1) is 0 Å². The van der Waals surface area contributed by atoms with Gasteiger partial charge in [0.15, 0.2) is 16.6 Å². The van der Waals surface area contributed by atoms with E-state index in [0.29, 0.717) is 22.2 Å². The molecule has 5 nitrogen and oxygen atoms in total. The number of carbonyl (C=O) groups excluding carboxylic acids is 1. The monoisotopic (exact) mass is 334 g/mol.